The molecule has 0 saturated heterocycles. The molecule has 36 heavy (non-hydrogen) atoms. The number of hydrogen-bond donors (Lipinski definition) is 1. The molecule has 198 valence electrons. The highest BCUT2D eigenvalue weighted by molar-refractivity contribution is 7.92. The van der Waals surface area contributed by atoms with Crippen LogP contribution >= 0.6 is 11.6 Å². The Hall–Kier alpha value is -2.58. The van der Waals surface area contributed by atoms with Crippen LogP contribution in [0.2, 0.25) is 5.02 Å². The monoisotopic (exact) mass is 535 g/mol. The number of amides is 2. The number of nitrogens with one attached hydrogen (secondary N) is 1. The van der Waals surface area contributed by atoms with E-state index < -0.39 is 16.1 Å². The van der Waals surface area contributed by atoms with Gasteiger partial charge in [-0.2, -0.15) is 0 Å². The Kier molecular flexibility index (Phi) is 12.2. The van der Waals surface area contributed by atoms with Gasteiger partial charge >= 0.3 is 0 Å². The van der Waals surface area contributed by atoms with E-state index in [9.17, 15) is 18.0 Å². The number of benzene rings is 2. The normalized spacial score (nSPS) is 12.1. The average Bonchev–Trinajstić information content (AvgIpc) is 2.84. The molecule has 2 amide bonds. The number of nitrogens with zero attached hydrogens (tertiary/aromatic N) is 2. The highest BCUT2D eigenvalue weighted by atomic mass is 35.5. The van der Waals surface area contributed by atoms with Crippen molar-refractivity contribution in [2.24, 2.45) is 0 Å². The highest BCUT2D eigenvalue weighted by Gasteiger charge is 2.28. The van der Waals surface area contributed by atoms with Crippen molar-refractivity contribution in [3.8, 4) is 0 Å². The summed E-state index contributed by atoms with van der Waals surface area (Å²) in [5.74, 6) is -0.313. The van der Waals surface area contributed by atoms with Crippen LogP contribution in [0, 0.1) is 0 Å². The van der Waals surface area contributed by atoms with Crippen LogP contribution in [-0.2, 0) is 26.0 Å². The maximum absolute atomic E-state index is 13.4. The predicted molar refractivity (Wildman–Crippen MR) is 147 cm³/mol. The van der Waals surface area contributed by atoms with Crippen LogP contribution in [0.25, 0.3) is 0 Å². The molecule has 0 aliphatic heterocycles. The Balaban J connectivity index is 2.13. The Labute approximate surface area is 220 Å². The zero-order chi connectivity index (χ0) is 26.6. The lowest BCUT2D eigenvalue weighted by molar-refractivity contribution is -0.140. The van der Waals surface area contributed by atoms with Gasteiger partial charge in [0.25, 0.3) is 0 Å². The second kappa shape index (κ2) is 14.9. The molecule has 0 bridgehead atoms. The largest absolute Gasteiger partial charge is 0.354 e. The summed E-state index contributed by atoms with van der Waals surface area (Å²) < 4.78 is 26.1. The first-order valence-corrected chi connectivity index (χ1v) is 14.7. The Bertz CT molecular complexity index is 1080. The summed E-state index contributed by atoms with van der Waals surface area (Å²) in [7, 11) is -3.56. The lowest BCUT2D eigenvalue weighted by Crippen LogP contribution is -2.50. The van der Waals surface area contributed by atoms with E-state index in [-0.39, 0.29) is 24.8 Å². The first kappa shape index (κ1) is 29.6. The van der Waals surface area contributed by atoms with Crippen LogP contribution in [0.1, 0.15) is 51.5 Å². The quantitative estimate of drug-likeness (QED) is 0.336. The van der Waals surface area contributed by atoms with Gasteiger partial charge in [0, 0.05) is 31.1 Å². The molecule has 1 N–H and O–H groups in total. The summed E-state index contributed by atoms with van der Waals surface area (Å²) in [5, 5.41) is 3.39. The summed E-state index contributed by atoms with van der Waals surface area (Å²) >= 11 is 6.06. The summed E-state index contributed by atoms with van der Waals surface area (Å²) in [6, 6.07) is 15.9. The number of carbonyl (C=O) groups excluding carboxylic acids is 2. The Morgan fingerprint density at radius 1 is 1.00 bits per heavy atom. The van der Waals surface area contributed by atoms with E-state index in [1.54, 1.807) is 29.2 Å². The van der Waals surface area contributed by atoms with Gasteiger partial charge in [0.15, 0.2) is 0 Å². The zero-order valence-electron chi connectivity index (χ0n) is 21.5. The van der Waals surface area contributed by atoms with Gasteiger partial charge in [-0.3, -0.25) is 13.9 Å². The molecule has 0 aliphatic carbocycles. The minimum absolute atomic E-state index is 0.125. The van der Waals surface area contributed by atoms with Gasteiger partial charge in [-0.1, -0.05) is 68.3 Å². The van der Waals surface area contributed by atoms with Crippen LogP contribution in [0.3, 0.4) is 0 Å². The SMILES string of the molecule is CCCCNC(=O)[C@H](CC)N(CCc1ccccc1)C(=O)CCCN(c1cccc(Cl)c1)S(C)(=O)=O. The van der Waals surface area contributed by atoms with E-state index in [0.29, 0.717) is 43.1 Å². The molecule has 0 spiro atoms. The van der Waals surface area contributed by atoms with E-state index in [2.05, 4.69) is 12.2 Å². The van der Waals surface area contributed by atoms with Crippen LogP contribution in [0.15, 0.2) is 54.6 Å². The molecule has 0 fully saturated rings. The lowest BCUT2D eigenvalue weighted by Gasteiger charge is -2.31. The smallest absolute Gasteiger partial charge is 0.242 e. The second-order valence-electron chi connectivity index (χ2n) is 8.81. The number of sulfonamides is 1. The van der Waals surface area contributed by atoms with Crippen molar-refractivity contribution in [3.63, 3.8) is 0 Å². The van der Waals surface area contributed by atoms with Crippen LogP contribution in [0.4, 0.5) is 5.69 Å². The van der Waals surface area contributed by atoms with Gasteiger partial charge in [-0.25, -0.2) is 8.42 Å². The fraction of sp³-hybridized carbons (Fsp3) is 0.481. The topological polar surface area (TPSA) is 86.8 Å². The third-order valence-electron chi connectivity index (χ3n) is 5.95. The van der Waals surface area contributed by atoms with Gasteiger partial charge in [0.2, 0.25) is 21.8 Å². The predicted octanol–water partition coefficient (Wildman–Crippen LogP) is 4.65. The maximum Gasteiger partial charge on any atom is 0.242 e. The zero-order valence-corrected chi connectivity index (χ0v) is 23.0. The molecule has 2 aromatic carbocycles. The first-order chi connectivity index (χ1) is 17.2. The van der Waals surface area contributed by atoms with Crippen LogP contribution in [0.5, 0.6) is 0 Å². The van der Waals surface area contributed by atoms with Crippen molar-refractivity contribution in [3.05, 3.63) is 65.2 Å². The third-order valence-corrected chi connectivity index (χ3v) is 7.38. The van der Waals surface area contributed by atoms with Gasteiger partial charge in [0.05, 0.1) is 11.9 Å². The molecule has 7 nitrogen and oxygen atoms in total. The van der Waals surface area contributed by atoms with Gasteiger partial charge < -0.3 is 10.2 Å². The van der Waals surface area contributed by atoms with Gasteiger partial charge in [-0.05, 0) is 49.4 Å². The number of carbonyl (C=O) groups is 2. The average molecular weight is 536 g/mol. The minimum Gasteiger partial charge on any atom is -0.354 e. The second-order valence-corrected chi connectivity index (χ2v) is 11.2. The number of hydrogen-bond acceptors (Lipinski definition) is 4. The number of anilines is 1. The fourth-order valence-electron chi connectivity index (χ4n) is 4.04. The van der Waals surface area contributed by atoms with E-state index >= 15 is 0 Å². The standard InChI is InChI=1S/C27H38ClN3O4S/c1-4-6-18-29-27(33)25(5-2)30(20-17-22-12-8-7-9-13-22)26(32)16-11-19-31(36(3,34)35)24-15-10-14-23(28)21-24/h7-10,12-15,21,25H,4-6,11,16-20H2,1-3H3,(H,29,33)/t25-/m0/s1. The summed E-state index contributed by atoms with van der Waals surface area (Å²) in [6.45, 7) is 5.08. The van der Waals surface area contributed by atoms with Crippen molar-refractivity contribution in [2.75, 3.05) is 30.2 Å². The van der Waals surface area contributed by atoms with Crippen LogP contribution < -0.4 is 9.62 Å². The molecule has 0 aliphatic rings. The van der Waals surface area contributed by atoms with Crippen molar-refractivity contribution < 1.29 is 18.0 Å². The molecule has 0 aromatic heterocycles. The summed E-state index contributed by atoms with van der Waals surface area (Å²) in [5.41, 5.74) is 1.54. The third kappa shape index (κ3) is 9.47. The van der Waals surface area contributed by atoms with Crippen molar-refractivity contribution in [1.82, 2.24) is 10.2 Å². The highest BCUT2D eigenvalue weighted by Crippen LogP contribution is 2.22. The summed E-state index contributed by atoms with van der Waals surface area (Å²) in [4.78, 5) is 28.0. The van der Waals surface area contributed by atoms with E-state index in [0.717, 1.165) is 24.7 Å². The Morgan fingerprint density at radius 2 is 1.72 bits per heavy atom. The van der Waals surface area contributed by atoms with Gasteiger partial charge in [0.1, 0.15) is 6.04 Å². The number of halogens is 1. The molecule has 9 heteroatoms. The van der Waals surface area contributed by atoms with E-state index in [1.165, 1.54) is 4.31 Å². The van der Waals surface area contributed by atoms with E-state index in [1.807, 2.05) is 37.3 Å². The molecule has 2 aromatic rings. The molecule has 1 atom stereocenters. The molecule has 0 saturated carbocycles. The molecular formula is C27H38ClN3O4S. The summed E-state index contributed by atoms with van der Waals surface area (Å²) in [6.07, 6.45) is 4.55. The molecule has 2 rings (SSSR count). The molecule has 0 unspecified atom stereocenters. The minimum atomic E-state index is -3.56. The fourth-order valence-corrected chi connectivity index (χ4v) is 5.18. The number of unbranched alkanes of at least 4 members (excludes halogenated alkanes) is 1. The maximum atomic E-state index is 13.4. The van der Waals surface area contributed by atoms with Gasteiger partial charge in [-0.15, -0.1) is 0 Å². The van der Waals surface area contributed by atoms with Crippen molar-refractivity contribution >= 4 is 39.1 Å². The number of rotatable bonds is 15. The van der Waals surface area contributed by atoms with E-state index in [4.69, 9.17) is 11.6 Å². The molecular weight excluding hydrogens is 498 g/mol. The Morgan fingerprint density at radius 3 is 2.33 bits per heavy atom. The molecule has 0 heterocycles. The first-order valence-electron chi connectivity index (χ1n) is 12.5. The van der Waals surface area contributed by atoms with Crippen molar-refractivity contribution in [2.45, 2.75) is 58.4 Å². The lowest BCUT2D eigenvalue weighted by atomic mass is 10.1. The van der Waals surface area contributed by atoms with Crippen molar-refractivity contribution in [1.29, 1.82) is 0 Å². The van der Waals surface area contributed by atoms with Crippen LogP contribution in [-0.4, -0.2) is 57.1 Å². The molecule has 0 radical (unpaired) electrons.